The Kier molecular flexibility index (Phi) is 10.8. The fourth-order valence-electron chi connectivity index (χ4n) is 2.04. The molecule has 2 amide bonds. The lowest BCUT2D eigenvalue weighted by atomic mass is 10.1. The van der Waals surface area contributed by atoms with E-state index in [1.165, 1.54) is 0 Å². The molecule has 0 aromatic heterocycles. The number of carbonyl (C=O) groups is 2. The number of aliphatic imine (C=N–C) groups is 1. The van der Waals surface area contributed by atoms with Crippen molar-refractivity contribution in [2.45, 2.75) is 85.5 Å². The zero-order valence-corrected chi connectivity index (χ0v) is 19.6. The molecule has 0 aromatic rings. The summed E-state index contributed by atoms with van der Waals surface area (Å²) < 4.78 is 10.5. The van der Waals surface area contributed by atoms with E-state index in [-0.39, 0.29) is 0 Å². The van der Waals surface area contributed by atoms with Crippen LogP contribution < -0.4 is 21.3 Å². The van der Waals surface area contributed by atoms with E-state index in [1.54, 1.807) is 0 Å². The highest BCUT2D eigenvalue weighted by atomic mass is 16.6. The van der Waals surface area contributed by atoms with Gasteiger partial charge in [0.1, 0.15) is 11.2 Å². The van der Waals surface area contributed by atoms with Crippen LogP contribution >= 0.6 is 0 Å². The first-order chi connectivity index (χ1) is 13.1. The highest BCUT2D eigenvalue weighted by molar-refractivity contribution is 5.79. The standard InChI is InChI=1S/C20H41N5O4/c1-10-21-15(22-12-11-13-23-16(26)28-18(2,3)4)24-14-20(8,9)25-17(27)29-19(5,6)7/h10-14H2,1-9H3,(H,23,26)(H,25,27)(H2,21,22,24). The zero-order chi connectivity index (χ0) is 22.7. The van der Waals surface area contributed by atoms with E-state index in [4.69, 9.17) is 9.47 Å². The summed E-state index contributed by atoms with van der Waals surface area (Å²) in [5, 5.41) is 11.9. The van der Waals surface area contributed by atoms with Gasteiger partial charge in [0.15, 0.2) is 5.96 Å². The molecular weight excluding hydrogens is 374 g/mol. The van der Waals surface area contributed by atoms with Crippen molar-refractivity contribution >= 4 is 18.1 Å². The number of nitrogens with zero attached hydrogens (tertiary/aromatic N) is 1. The lowest BCUT2D eigenvalue weighted by molar-refractivity contribution is 0.0473. The second kappa shape index (κ2) is 11.7. The maximum absolute atomic E-state index is 12.0. The Balaban J connectivity index is 4.42. The minimum Gasteiger partial charge on any atom is -0.444 e. The van der Waals surface area contributed by atoms with E-state index >= 15 is 0 Å². The molecule has 0 aliphatic carbocycles. The third kappa shape index (κ3) is 16.5. The molecule has 0 aromatic carbocycles. The van der Waals surface area contributed by atoms with E-state index < -0.39 is 28.9 Å². The molecule has 0 bridgehead atoms. The van der Waals surface area contributed by atoms with Crippen LogP contribution in [0.5, 0.6) is 0 Å². The summed E-state index contributed by atoms with van der Waals surface area (Å²) >= 11 is 0. The van der Waals surface area contributed by atoms with Crippen molar-refractivity contribution in [1.82, 2.24) is 21.3 Å². The Morgan fingerprint density at radius 3 is 1.83 bits per heavy atom. The summed E-state index contributed by atoms with van der Waals surface area (Å²) in [7, 11) is 0. The molecule has 170 valence electrons. The third-order valence-corrected chi connectivity index (χ3v) is 3.13. The molecular formula is C20H41N5O4. The summed E-state index contributed by atoms with van der Waals surface area (Å²) in [4.78, 5) is 28.1. The van der Waals surface area contributed by atoms with Gasteiger partial charge in [-0.2, -0.15) is 0 Å². The predicted molar refractivity (Wildman–Crippen MR) is 116 cm³/mol. The van der Waals surface area contributed by atoms with E-state index in [0.29, 0.717) is 38.6 Å². The summed E-state index contributed by atoms with van der Waals surface area (Å²) in [6.45, 7) is 18.9. The Hall–Kier alpha value is -2.19. The van der Waals surface area contributed by atoms with Crippen LogP contribution in [0.25, 0.3) is 0 Å². The molecule has 29 heavy (non-hydrogen) atoms. The molecule has 0 spiro atoms. The molecule has 0 fully saturated rings. The van der Waals surface area contributed by atoms with Gasteiger partial charge in [-0.3, -0.25) is 4.99 Å². The van der Waals surface area contributed by atoms with Crippen LogP contribution in [0.2, 0.25) is 0 Å². The molecule has 0 saturated carbocycles. The SMILES string of the molecule is CCNC(=NCC(C)(C)NC(=O)OC(C)(C)C)NCCCNC(=O)OC(C)(C)C. The van der Waals surface area contributed by atoms with Gasteiger partial charge < -0.3 is 30.7 Å². The molecule has 0 saturated heterocycles. The number of hydrogen-bond donors (Lipinski definition) is 4. The number of rotatable bonds is 8. The largest absolute Gasteiger partial charge is 0.444 e. The lowest BCUT2D eigenvalue weighted by Gasteiger charge is -2.27. The molecule has 0 radical (unpaired) electrons. The second-order valence-electron chi connectivity index (χ2n) is 9.41. The number of amides is 2. The molecule has 4 N–H and O–H groups in total. The first-order valence-corrected chi connectivity index (χ1v) is 10.1. The quantitative estimate of drug-likeness (QED) is 0.275. The third-order valence-electron chi connectivity index (χ3n) is 3.13. The lowest BCUT2D eigenvalue weighted by Crippen LogP contribution is -2.49. The van der Waals surface area contributed by atoms with Crippen molar-refractivity contribution in [2.24, 2.45) is 4.99 Å². The molecule has 0 rings (SSSR count). The van der Waals surface area contributed by atoms with Gasteiger partial charge in [-0.25, -0.2) is 9.59 Å². The normalized spacial score (nSPS) is 12.8. The van der Waals surface area contributed by atoms with Crippen LogP contribution in [0.4, 0.5) is 9.59 Å². The predicted octanol–water partition coefficient (Wildman–Crippen LogP) is 2.76. The molecule has 0 aliphatic heterocycles. The molecule has 9 nitrogen and oxygen atoms in total. The monoisotopic (exact) mass is 415 g/mol. The Morgan fingerprint density at radius 2 is 1.31 bits per heavy atom. The van der Waals surface area contributed by atoms with Crippen LogP contribution in [0.3, 0.4) is 0 Å². The van der Waals surface area contributed by atoms with Gasteiger partial charge >= 0.3 is 12.2 Å². The van der Waals surface area contributed by atoms with E-state index in [1.807, 2.05) is 62.3 Å². The van der Waals surface area contributed by atoms with Crippen molar-refractivity contribution in [3.8, 4) is 0 Å². The summed E-state index contributed by atoms with van der Waals surface area (Å²) in [6.07, 6.45) is -0.180. The maximum Gasteiger partial charge on any atom is 0.408 e. The summed E-state index contributed by atoms with van der Waals surface area (Å²) in [5.41, 5.74) is -1.62. The van der Waals surface area contributed by atoms with Gasteiger partial charge in [0.25, 0.3) is 0 Å². The van der Waals surface area contributed by atoms with E-state index in [2.05, 4.69) is 26.3 Å². The average Bonchev–Trinajstić information content (AvgIpc) is 2.47. The molecule has 0 unspecified atom stereocenters. The number of ether oxygens (including phenoxy) is 2. The molecule has 0 atom stereocenters. The Morgan fingerprint density at radius 1 is 0.793 bits per heavy atom. The smallest absolute Gasteiger partial charge is 0.408 e. The van der Waals surface area contributed by atoms with Crippen LogP contribution in [0, 0.1) is 0 Å². The van der Waals surface area contributed by atoms with Gasteiger partial charge in [-0.1, -0.05) is 0 Å². The van der Waals surface area contributed by atoms with Gasteiger partial charge in [0.2, 0.25) is 0 Å². The van der Waals surface area contributed by atoms with Crippen LogP contribution in [-0.2, 0) is 9.47 Å². The van der Waals surface area contributed by atoms with E-state index in [9.17, 15) is 9.59 Å². The number of carbonyl (C=O) groups excluding carboxylic acids is 2. The van der Waals surface area contributed by atoms with Crippen LogP contribution in [0.15, 0.2) is 4.99 Å². The Bertz CT molecular complexity index is 548. The van der Waals surface area contributed by atoms with Crippen molar-refractivity contribution in [3.63, 3.8) is 0 Å². The van der Waals surface area contributed by atoms with Gasteiger partial charge in [-0.15, -0.1) is 0 Å². The first-order valence-electron chi connectivity index (χ1n) is 10.1. The van der Waals surface area contributed by atoms with E-state index in [0.717, 1.165) is 0 Å². The summed E-state index contributed by atoms with van der Waals surface area (Å²) in [6, 6.07) is 0. The second-order valence-corrected chi connectivity index (χ2v) is 9.41. The zero-order valence-electron chi connectivity index (χ0n) is 19.6. The van der Waals surface area contributed by atoms with Crippen molar-refractivity contribution in [1.29, 1.82) is 0 Å². The van der Waals surface area contributed by atoms with Gasteiger partial charge in [0, 0.05) is 19.6 Å². The molecule has 0 aliphatic rings. The average molecular weight is 416 g/mol. The number of alkyl carbamates (subject to hydrolysis) is 2. The highest BCUT2D eigenvalue weighted by Gasteiger charge is 2.24. The first kappa shape index (κ1) is 26.8. The van der Waals surface area contributed by atoms with Gasteiger partial charge in [-0.05, 0) is 68.7 Å². The number of nitrogens with one attached hydrogen (secondary N) is 4. The maximum atomic E-state index is 12.0. The van der Waals surface area contributed by atoms with Crippen molar-refractivity contribution < 1.29 is 19.1 Å². The van der Waals surface area contributed by atoms with Crippen LogP contribution in [-0.4, -0.2) is 61.1 Å². The summed E-state index contributed by atoms with van der Waals surface area (Å²) in [5.74, 6) is 0.642. The van der Waals surface area contributed by atoms with Gasteiger partial charge in [0.05, 0.1) is 12.1 Å². The number of guanidine groups is 1. The fourth-order valence-corrected chi connectivity index (χ4v) is 2.04. The molecule has 9 heteroatoms. The number of hydrogen-bond acceptors (Lipinski definition) is 5. The molecule has 0 heterocycles. The minimum absolute atomic E-state index is 0.373. The Labute approximate surface area is 175 Å². The van der Waals surface area contributed by atoms with Crippen molar-refractivity contribution in [2.75, 3.05) is 26.2 Å². The highest BCUT2D eigenvalue weighted by Crippen LogP contribution is 2.10. The van der Waals surface area contributed by atoms with Crippen molar-refractivity contribution in [3.05, 3.63) is 0 Å². The van der Waals surface area contributed by atoms with Crippen LogP contribution in [0.1, 0.15) is 68.7 Å². The minimum atomic E-state index is -0.567. The topological polar surface area (TPSA) is 113 Å². The fraction of sp³-hybridized carbons (Fsp3) is 0.850.